The second-order valence-electron chi connectivity index (χ2n) is 5.42. The molecule has 0 heterocycles. The zero-order valence-corrected chi connectivity index (χ0v) is 15.8. The number of hydrogen-bond donors (Lipinski definition) is 3. The summed E-state index contributed by atoms with van der Waals surface area (Å²) < 4.78 is 54.5. The van der Waals surface area contributed by atoms with Crippen molar-refractivity contribution in [1.82, 2.24) is 0 Å². The van der Waals surface area contributed by atoms with E-state index in [2.05, 4.69) is 5.32 Å². The first-order valence-electron chi connectivity index (χ1n) is 7.04. The monoisotopic (exact) mass is 418 g/mol. The fourth-order valence-corrected chi connectivity index (χ4v) is 4.23. The van der Waals surface area contributed by atoms with E-state index in [4.69, 9.17) is 21.9 Å². The Morgan fingerprint density at radius 2 is 1.69 bits per heavy atom. The smallest absolute Gasteiger partial charge is 0.296 e. The van der Waals surface area contributed by atoms with Gasteiger partial charge < -0.3 is 11.1 Å². The summed E-state index contributed by atoms with van der Waals surface area (Å²) >= 11 is 6.03. The maximum Gasteiger partial charge on any atom is 0.296 e. The molecule has 0 fully saturated rings. The molecular weight excluding hydrogens is 404 g/mol. The maximum absolute atomic E-state index is 12.6. The van der Waals surface area contributed by atoms with Crippen LogP contribution in [0.4, 0.5) is 11.4 Å². The Kier molecular flexibility index (Phi) is 5.34. The van der Waals surface area contributed by atoms with Crippen molar-refractivity contribution in [3.8, 4) is 0 Å². The van der Waals surface area contributed by atoms with Gasteiger partial charge in [0.1, 0.15) is 4.90 Å². The van der Waals surface area contributed by atoms with Gasteiger partial charge in [-0.1, -0.05) is 29.8 Å². The van der Waals surface area contributed by atoms with Gasteiger partial charge in [-0.3, -0.25) is 9.35 Å². The molecule has 0 aromatic heterocycles. The number of nitrogens with one attached hydrogen (secondary N) is 1. The molecule has 1 unspecified atom stereocenters. The zero-order chi connectivity index (χ0) is 19.8. The van der Waals surface area contributed by atoms with Gasteiger partial charge in [0.05, 0.1) is 10.6 Å². The summed E-state index contributed by atoms with van der Waals surface area (Å²) in [4.78, 5) is 11.7. The van der Waals surface area contributed by atoms with Gasteiger partial charge in [-0.2, -0.15) is 8.42 Å². The molecule has 0 aliphatic rings. The lowest BCUT2D eigenvalue weighted by Gasteiger charge is -2.22. The Morgan fingerprint density at radius 1 is 1.12 bits per heavy atom. The average molecular weight is 419 g/mol. The molecule has 8 nitrogen and oxygen atoms in total. The fourth-order valence-electron chi connectivity index (χ4n) is 2.02. The summed E-state index contributed by atoms with van der Waals surface area (Å²) in [6.45, 7) is 1.01. The molecule has 4 N–H and O–H groups in total. The van der Waals surface area contributed by atoms with Crippen molar-refractivity contribution in [2.45, 2.75) is 20.9 Å². The van der Waals surface area contributed by atoms with Crippen LogP contribution >= 0.6 is 11.6 Å². The van der Waals surface area contributed by atoms with Gasteiger partial charge in [0.15, 0.2) is 0 Å². The van der Waals surface area contributed by atoms with Gasteiger partial charge in [-0.05, 0) is 37.3 Å². The van der Waals surface area contributed by atoms with E-state index < -0.39 is 35.0 Å². The van der Waals surface area contributed by atoms with E-state index >= 15 is 0 Å². The van der Waals surface area contributed by atoms with Crippen LogP contribution in [-0.2, 0) is 24.7 Å². The van der Waals surface area contributed by atoms with Crippen LogP contribution in [0.25, 0.3) is 0 Å². The van der Waals surface area contributed by atoms with E-state index in [1.807, 2.05) is 0 Å². The summed E-state index contributed by atoms with van der Waals surface area (Å²) in [5.41, 5.74) is 5.12. The Labute approximate surface area is 155 Å². The van der Waals surface area contributed by atoms with Crippen molar-refractivity contribution in [3.63, 3.8) is 0 Å². The highest BCUT2D eigenvalue weighted by Crippen LogP contribution is 2.31. The van der Waals surface area contributed by atoms with Crippen LogP contribution in [0.1, 0.15) is 6.92 Å². The number of nitrogen functional groups attached to an aromatic ring is 1. The van der Waals surface area contributed by atoms with E-state index in [0.29, 0.717) is 0 Å². The number of rotatable bonds is 5. The molecule has 11 heteroatoms. The van der Waals surface area contributed by atoms with E-state index in [-0.39, 0.29) is 16.3 Å². The molecule has 2 aromatic carbocycles. The molecule has 1 atom stereocenters. The predicted molar refractivity (Wildman–Crippen MR) is 97.2 cm³/mol. The van der Waals surface area contributed by atoms with Crippen LogP contribution in [-0.4, -0.2) is 31.5 Å². The molecule has 0 bridgehead atoms. The van der Waals surface area contributed by atoms with Crippen molar-refractivity contribution in [3.05, 3.63) is 48.5 Å². The molecule has 0 saturated carbocycles. The lowest BCUT2D eigenvalue weighted by Crippen LogP contribution is -2.42. The SMILES string of the molecule is CC(Cl)(C(=O)Nc1ccc(N)c(S(=O)(=O)O)c1)S(=O)(=O)c1ccccc1. The summed E-state index contributed by atoms with van der Waals surface area (Å²) in [5.74, 6) is -1.10. The molecule has 26 heavy (non-hydrogen) atoms. The topological polar surface area (TPSA) is 144 Å². The minimum Gasteiger partial charge on any atom is -0.398 e. The van der Waals surface area contributed by atoms with Gasteiger partial charge in [0, 0.05) is 5.69 Å². The number of anilines is 2. The number of benzene rings is 2. The van der Waals surface area contributed by atoms with Crippen molar-refractivity contribution < 1.29 is 26.2 Å². The minimum absolute atomic E-state index is 0.105. The van der Waals surface area contributed by atoms with Gasteiger partial charge in [-0.25, -0.2) is 8.42 Å². The number of amides is 1. The number of carbonyl (C=O) groups is 1. The number of alkyl halides is 1. The molecular formula is C15H15ClN2O6S2. The number of hydrogen-bond acceptors (Lipinski definition) is 6. The molecule has 0 spiro atoms. The van der Waals surface area contributed by atoms with Crippen LogP contribution in [0.15, 0.2) is 58.3 Å². The first kappa shape index (κ1) is 20.2. The van der Waals surface area contributed by atoms with Gasteiger partial charge in [0.25, 0.3) is 16.0 Å². The van der Waals surface area contributed by atoms with Crippen molar-refractivity contribution >= 4 is 48.8 Å². The lowest BCUT2D eigenvalue weighted by atomic mass is 10.2. The predicted octanol–water partition coefficient (Wildman–Crippen LogP) is 1.88. The van der Waals surface area contributed by atoms with Gasteiger partial charge in [0.2, 0.25) is 14.0 Å². The Morgan fingerprint density at radius 3 is 2.23 bits per heavy atom. The molecule has 0 aliphatic heterocycles. The molecule has 140 valence electrons. The third-order valence-electron chi connectivity index (χ3n) is 3.51. The van der Waals surface area contributed by atoms with E-state index in [0.717, 1.165) is 19.1 Å². The molecule has 2 rings (SSSR count). The number of sulfone groups is 1. The van der Waals surface area contributed by atoms with Crippen LogP contribution in [0, 0.1) is 0 Å². The minimum atomic E-state index is -4.63. The third-order valence-corrected chi connectivity index (χ3v) is 7.29. The normalized spacial score (nSPS) is 14.4. The maximum atomic E-state index is 12.6. The van der Waals surface area contributed by atoms with E-state index in [1.54, 1.807) is 6.07 Å². The summed E-state index contributed by atoms with van der Waals surface area (Å²) in [6, 6.07) is 10.4. The van der Waals surface area contributed by atoms with E-state index in [9.17, 15) is 21.6 Å². The van der Waals surface area contributed by atoms with Crippen LogP contribution < -0.4 is 11.1 Å². The van der Waals surface area contributed by atoms with Gasteiger partial charge >= 0.3 is 0 Å². The Bertz CT molecular complexity index is 1050. The van der Waals surface area contributed by atoms with Crippen molar-refractivity contribution in [2.75, 3.05) is 11.1 Å². The second kappa shape index (κ2) is 6.88. The number of carbonyl (C=O) groups excluding carboxylic acids is 1. The lowest BCUT2D eigenvalue weighted by molar-refractivity contribution is -0.116. The quantitative estimate of drug-likeness (QED) is 0.382. The van der Waals surface area contributed by atoms with Crippen LogP contribution in [0.3, 0.4) is 0 Å². The second-order valence-corrected chi connectivity index (χ2v) is 10.1. The molecule has 0 saturated heterocycles. The first-order chi connectivity index (χ1) is 11.9. The molecule has 0 radical (unpaired) electrons. The fraction of sp³-hybridized carbons (Fsp3) is 0.133. The van der Waals surface area contributed by atoms with Crippen molar-refractivity contribution in [2.24, 2.45) is 0 Å². The Balaban J connectivity index is 2.38. The largest absolute Gasteiger partial charge is 0.398 e. The number of nitrogens with two attached hydrogens (primary N) is 1. The highest BCUT2D eigenvalue weighted by molar-refractivity contribution is 7.95. The summed E-state index contributed by atoms with van der Waals surface area (Å²) in [7, 11) is -8.87. The third kappa shape index (κ3) is 3.83. The zero-order valence-electron chi connectivity index (χ0n) is 13.4. The summed E-state index contributed by atoms with van der Waals surface area (Å²) in [6.07, 6.45) is 0. The van der Waals surface area contributed by atoms with Crippen LogP contribution in [0.5, 0.6) is 0 Å². The highest BCUT2D eigenvalue weighted by atomic mass is 35.5. The van der Waals surface area contributed by atoms with Crippen molar-refractivity contribution in [1.29, 1.82) is 0 Å². The highest BCUT2D eigenvalue weighted by Gasteiger charge is 2.45. The molecule has 2 aromatic rings. The van der Waals surface area contributed by atoms with Crippen LogP contribution in [0.2, 0.25) is 0 Å². The standard InChI is InChI=1S/C15H15ClN2O6S2/c1-15(16,25(20,21)11-5-3-2-4-6-11)14(19)18-10-7-8-12(17)13(9-10)26(22,23)24/h2-9H,17H2,1H3,(H,18,19)(H,22,23,24). The Hall–Kier alpha value is -2.14. The average Bonchev–Trinajstić information content (AvgIpc) is 2.56. The molecule has 1 amide bonds. The van der Waals surface area contributed by atoms with E-state index in [1.165, 1.54) is 30.3 Å². The van der Waals surface area contributed by atoms with Gasteiger partial charge in [-0.15, -0.1) is 0 Å². The first-order valence-corrected chi connectivity index (χ1v) is 10.3. The summed E-state index contributed by atoms with van der Waals surface area (Å²) in [5, 5.41) is 2.22. The molecule has 0 aliphatic carbocycles. The number of halogens is 1.